The van der Waals surface area contributed by atoms with Crippen molar-refractivity contribution in [2.45, 2.75) is 44.8 Å². The number of amides is 1. The number of alkyl halides is 3. The number of nitrogens with two attached hydrogens (primary N) is 1. The average Bonchev–Trinajstić information content (AvgIpc) is 2.37. The lowest BCUT2D eigenvalue weighted by Gasteiger charge is -2.25. The Hall–Kier alpha value is -1.56. The van der Waals surface area contributed by atoms with Gasteiger partial charge in [0.15, 0.2) is 0 Å². The summed E-state index contributed by atoms with van der Waals surface area (Å²) in [4.78, 5) is 11.9. The normalized spacial score (nSPS) is 13.9. The van der Waals surface area contributed by atoms with Crippen LogP contribution in [0.15, 0.2) is 24.3 Å². The van der Waals surface area contributed by atoms with Crippen molar-refractivity contribution in [1.29, 1.82) is 0 Å². The minimum Gasteiger partial charge on any atom is -0.350 e. The maximum Gasteiger partial charge on any atom is 0.416 e. The predicted molar refractivity (Wildman–Crippen MR) is 75.8 cm³/mol. The standard InChI is InChI=1S/C15H21F3N2O/c1-10(7-13(21)20-14(2,3)9-19)11-5-4-6-12(8-11)15(16,17)18/h4-6,8,10H,7,9,19H2,1-3H3,(H,20,21). The van der Waals surface area contributed by atoms with Crippen molar-refractivity contribution < 1.29 is 18.0 Å². The van der Waals surface area contributed by atoms with Crippen LogP contribution in [0.3, 0.4) is 0 Å². The minimum atomic E-state index is -4.38. The molecule has 0 saturated carbocycles. The molecule has 0 aliphatic heterocycles. The van der Waals surface area contributed by atoms with Crippen molar-refractivity contribution in [2.75, 3.05) is 6.54 Å². The fourth-order valence-electron chi connectivity index (χ4n) is 1.90. The third-order valence-electron chi connectivity index (χ3n) is 3.26. The van der Waals surface area contributed by atoms with Crippen LogP contribution in [0.4, 0.5) is 13.2 Å². The van der Waals surface area contributed by atoms with Gasteiger partial charge in [0, 0.05) is 18.5 Å². The number of carbonyl (C=O) groups excluding carboxylic acids is 1. The third kappa shape index (κ3) is 5.38. The minimum absolute atomic E-state index is 0.116. The van der Waals surface area contributed by atoms with E-state index in [4.69, 9.17) is 5.73 Å². The Bertz CT molecular complexity index is 498. The van der Waals surface area contributed by atoms with Crippen LogP contribution in [-0.2, 0) is 11.0 Å². The highest BCUT2D eigenvalue weighted by atomic mass is 19.4. The summed E-state index contributed by atoms with van der Waals surface area (Å²) < 4.78 is 38.0. The molecule has 0 heterocycles. The second-order valence-corrected chi connectivity index (χ2v) is 5.86. The van der Waals surface area contributed by atoms with Crippen molar-refractivity contribution in [3.05, 3.63) is 35.4 Å². The quantitative estimate of drug-likeness (QED) is 0.878. The third-order valence-corrected chi connectivity index (χ3v) is 3.26. The van der Waals surface area contributed by atoms with Gasteiger partial charge >= 0.3 is 6.18 Å². The number of carbonyl (C=O) groups is 1. The van der Waals surface area contributed by atoms with Gasteiger partial charge in [-0.3, -0.25) is 4.79 Å². The van der Waals surface area contributed by atoms with E-state index >= 15 is 0 Å². The molecule has 3 nitrogen and oxygen atoms in total. The van der Waals surface area contributed by atoms with Gasteiger partial charge in [-0.25, -0.2) is 0 Å². The Kier molecular flexibility index (Phi) is 5.39. The van der Waals surface area contributed by atoms with E-state index in [2.05, 4.69) is 5.32 Å². The molecule has 0 saturated heterocycles. The van der Waals surface area contributed by atoms with Gasteiger partial charge in [0.05, 0.1) is 5.56 Å². The summed E-state index contributed by atoms with van der Waals surface area (Å²) in [6.07, 6.45) is -4.26. The summed E-state index contributed by atoms with van der Waals surface area (Å²) in [7, 11) is 0. The molecule has 1 rings (SSSR count). The summed E-state index contributed by atoms with van der Waals surface area (Å²) in [6.45, 7) is 5.60. The van der Waals surface area contributed by atoms with Crippen molar-refractivity contribution >= 4 is 5.91 Å². The van der Waals surface area contributed by atoms with Gasteiger partial charge in [0.25, 0.3) is 0 Å². The Morgan fingerprint density at radius 3 is 2.48 bits per heavy atom. The summed E-state index contributed by atoms with van der Waals surface area (Å²) in [5.74, 6) is -0.531. The lowest BCUT2D eigenvalue weighted by atomic mass is 9.95. The predicted octanol–water partition coefficient (Wildman–Crippen LogP) is 3.05. The summed E-state index contributed by atoms with van der Waals surface area (Å²) >= 11 is 0. The van der Waals surface area contributed by atoms with Crippen LogP contribution in [-0.4, -0.2) is 18.0 Å². The first kappa shape index (κ1) is 17.5. The smallest absolute Gasteiger partial charge is 0.350 e. The molecule has 0 aliphatic carbocycles. The first-order valence-electron chi connectivity index (χ1n) is 6.73. The molecule has 1 unspecified atom stereocenters. The van der Waals surface area contributed by atoms with Crippen molar-refractivity contribution in [2.24, 2.45) is 5.73 Å². The molecule has 1 atom stereocenters. The van der Waals surface area contributed by atoms with Gasteiger partial charge < -0.3 is 11.1 Å². The second kappa shape index (κ2) is 6.47. The highest BCUT2D eigenvalue weighted by molar-refractivity contribution is 5.77. The first-order chi connectivity index (χ1) is 9.55. The molecule has 0 aromatic heterocycles. The molecule has 118 valence electrons. The van der Waals surface area contributed by atoms with E-state index in [-0.39, 0.29) is 24.8 Å². The van der Waals surface area contributed by atoms with Crippen LogP contribution in [0.25, 0.3) is 0 Å². The fourth-order valence-corrected chi connectivity index (χ4v) is 1.90. The number of hydrogen-bond donors (Lipinski definition) is 2. The van der Waals surface area contributed by atoms with Crippen molar-refractivity contribution in [3.8, 4) is 0 Å². The highest BCUT2D eigenvalue weighted by Crippen LogP contribution is 2.31. The number of rotatable bonds is 5. The summed E-state index contributed by atoms with van der Waals surface area (Å²) in [5, 5.41) is 2.77. The van der Waals surface area contributed by atoms with E-state index in [0.29, 0.717) is 5.56 Å². The summed E-state index contributed by atoms with van der Waals surface area (Å²) in [6, 6.07) is 5.07. The van der Waals surface area contributed by atoms with E-state index in [1.54, 1.807) is 26.8 Å². The molecule has 0 spiro atoms. The maximum absolute atomic E-state index is 12.7. The summed E-state index contributed by atoms with van der Waals surface area (Å²) in [5.41, 5.74) is 4.79. The second-order valence-electron chi connectivity index (χ2n) is 5.86. The molecule has 1 aromatic rings. The molecular formula is C15H21F3N2O. The topological polar surface area (TPSA) is 55.1 Å². The Labute approximate surface area is 122 Å². The van der Waals surface area contributed by atoms with Crippen LogP contribution in [0.2, 0.25) is 0 Å². The molecule has 0 bridgehead atoms. The lowest BCUT2D eigenvalue weighted by Crippen LogP contribution is -2.49. The van der Waals surface area contributed by atoms with Crippen LogP contribution in [0.1, 0.15) is 44.2 Å². The van der Waals surface area contributed by atoms with Crippen molar-refractivity contribution in [3.63, 3.8) is 0 Å². The zero-order valence-electron chi connectivity index (χ0n) is 12.4. The zero-order valence-corrected chi connectivity index (χ0v) is 12.4. The molecule has 0 aliphatic rings. The molecule has 1 amide bonds. The molecule has 0 fully saturated rings. The number of nitrogens with one attached hydrogen (secondary N) is 1. The van der Waals surface area contributed by atoms with Crippen LogP contribution in [0, 0.1) is 0 Å². The SMILES string of the molecule is CC(CC(=O)NC(C)(C)CN)c1cccc(C(F)(F)F)c1. The van der Waals surface area contributed by atoms with E-state index in [1.807, 2.05) is 0 Å². The van der Waals surface area contributed by atoms with Crippen molar-refractivity contribution in [1.82, 2.24) is 5.32 Å². The average molecular weight is 302 g/mol. The fraction of sp³-hybridized carbons (Fsp3) is 0.533. The molecule has 21 heavy (non-hydrogen) atoms. The van der Waals surface area contributed by atoms with Gasteiger partial charge in [0.2, 0.25) is 5.91 Å². The molecular weight excluding hydrogens is 281 g/mol. The van der Waals surface area contributed by atoms with E-state index in [9.17, 15) is 18.0 Å². The molecule has 0 radical (unpaired) electrons. The van der Waals surface area contributed by atoms with Gasteiger partial charge in [-0.2, -0.15) is 13.2 Å². The van der Waals surface area contributed by atoms with Gasteiger partial charge in [-0.1, -0.05) is 25.1 Å². The molecule has 6 heteroatoms. The lowest BCUT2D eigenvalue weighted by molar-refractivity contribution is -0.137. The molecule has 1 aromatic carbocycles. The maximum atomic E-state index is 12.7. The van der Waals surface area contributed by atoms with E-state index in [1.165, 1.54) is 6.07 Å². The van der Waals surface area contributed by atoms with E-state index < -0.39 is 17.3 Å². The first-order valence-corrected chi connectivity index (χ1v) is 6.73. The largest absolute Gasteiger partial charge is 0.416 e. The van der Waals surface area contributed by atoms with Crippen LogP contribution >= 0.6 is 0 Å². The van der Waals surface area contributed by atoms with Gasteiger partial charge in [-0.15, -0.1) is 0 Å². The number of halogens is 3. The van der Waals surface area contributed by atoms with Crippen LogP contribution < -0.4 is 11.1 Å². The Balaban J connectivity index is 2.76. The Morgan fingerprint density at radius 1 is 1.33 bits per heavy atom. The monoisotopic (exact) mass is 302 g/mol. The van der Waals surface area contributed by atoms with Gasteiger partial charge in [0.1, 0.15) is 0 Å². The highest BCUT2D eigenvalue weighted by Gasteiger charge is 2.31. The molecule has 3 N–H and O–H groups in total. The zero-order chi connectivity index (χ0) is 16.3. The van der Waals surface area contributed by atoms with E-state index in [0.717, 1.165) is 12.1 Å². The number of hydrogen-bond acceptors (Lipinski definition) is 2. The van der Waals surface area contributed by atoms with Gasteiger partial charge in [-0.05, 0) is 31.4 Å². The number of benzene rings is 1. The Morgan fingerprint density at radius 2 is 1.95 bits per heavy atom. The van der Waals surface area contributed by atoms with Crippen LogP contribution in [0.5, 0.6) is 0 Å².